The van der Waals surface area contributed by atoms with Gasteiger partial charge in [0.1, 0.15) is 6.04 Å². The zero-order chi connectivity index (χ0) is 18.2. The normalized spacial score (nSPS) is 17.1. The smallest absolute Gasteiger partial charge is 0.244 e. The molecule has 25 heavy (non-hydrogen) atoms. The van der Waals surface area contributed by atoms with E-state index in [0.29, 0.717) is 6.54 Å². The van der Waals surface area contributed by atoms with Crippen LogP contribution in [0.5, 0.6) is 0 Å². The Labute approximate surface area is 150 Å². The summed E-state index contributed by atoms with van der Waals surface area (Å²) in [4.78, 5) is 30.0. The van der Waals surface area contributed by atoms with Gasteiger partial charge >= 0.3 is 0 Å². The summed E-state index contributed by atoms with van der Waals surface area (Å²) in [7, 11) is 3.39. The van der Waals surface area contributed by atoms with Gasteiger partial charge in [-0.1, -0.05) is 30.3 Å². The van der Waals surface area contributed by atoms with E-state index in [-0.39, 0.29) is 11.8 Å². The van der Waals surface area contributed by atoms with E-state index in [1.54, 1.807) is 21.0 Å². The molecular formula is C19H30N4O2. The molecule has 1 aliphatic rings. The molecule has 0 radical (unpaired) electrons. The predicted molar refractivity (Wildman–Crippen MR) is 99.3 cm³/mol. The highest BCUT2D eigenvalue weighted by atomic mass is 16.2. The topological polar surface area (TPSA) is 55.9 Å². The Morgan fingerprint density at radius 1 is 1.08 bits per heavy atom. The van der Waals surface area contributed by atoms with Crippen molar-refractivity contribution in [1.82, 2.24) is 20.0 Å². The Kier molecular flexibility index (Phi) is 7.40. The van der Waals surface area contributed by atoms with Gasteiger partial charge in [0.05, 0.1) is 6.54 Å². The second-order valence-electron chi connectivity index (χ2n) is 6.88. The molecular weight excluding hydrogens is 316 g/mol. The molecule has 0 spiro atoms. The lowest BCUT2D eigenvalue weighted by atomic mass is 10.1. The zero-order valence-electron chi connectivity index (χ0n) is 15.6. The first-order valence-corrected chi connectivity index (χ1v) is 8.95. The van der Waals surface area contributed by atoms with E-state index < -0.39 is 6.04 Å². The van der Waals surface area contributed by atoms with Crippen molar-refractivity contribution >= 4 is 11.8 Å². The monoisotopic (exact) mass is 346 g/mol. The Bertz CT molecular complexity index is 554. The molecule has 1 unspecified atom stereocenters. The van der Waals surface area contributed by atoms with Gasteiger partial charge in [0.2, 0.25) is 11.8 Å². The molecule has 1 N–H and O–H groups in total. The number of carbonyl (C=O) groups excluding carboxylic acids is 2. The van der Waals surface area contributed by atoms with Crippen molar-refractivity contribution in [3.63, 3.8) is 0 Å². The molecule has 6 heteroatoms. The molecule has 1 atom stereocenters. The minimum atomic E-state index is -0.477. The Morgan fingerprint density at radius 3 is 2.28 bits per heavy atom. The van der Waals surface area contributed by atoms with Crippen molar-refractivity contribution in [2.45, 2.75) is 19.4 Å². The van der Waals surface area contributed by atoms with Crippen LogP contribution in [0.15, 0.2) is 30.3 Å². The summed E-state index contributed by atoms with van der Waals surface area (Å²) >= 11 is 0. The second-order valence-corrected chi connectivity index (χ2v) is 6.88. The standard InChI is InChI=1S/C19H30N4O2/c1-16(19(25)21(2)3)20-18(24)15-23-13-11-22(12-14-23)10-9-17-7-5-4-6-8-17/h4-8,16H,9-15H2,1-3H3,(H,20,24). The maximum Gasteiger partial charge on any atom is 0.244 e. The van der Waals surface area contributed by atoms with E-state index in [4.69, 9.17) is 0 Å². The van der Waals surface area contributed by atoms with Gasteiger partial charge in [-0.05, 0) is 18.9 Å². The lowest BCUT2D eigenvalue weighted by Crippen LogP contribution is -2.52. The number of nitrogens with one attached hydrogen (secondary N) is 1. The fraction of sp³-hybridized carbons (Fsp3) is 0.579. The van der Waals surface area contributed by atoms with Gasteiger partial charge in [0.15, 0.2) is 0 Å². The number of likely N-dealkylation sites (N-methyl/N-ethyl adjacent to an activating group) is 1. The van der Waals surface area contributed by atoms with Crippen LogP contribution in [0.25, 0.3) is 0 Å². The number of benzene rings is 1. The summed E-state index contributed by atoms with van der Waals surface area (Å²) in [5, 5.41) is 2.78. The van der Waals surface area contributed by atoms with Crippen LogP contribution in [0.2, 0.25) is 0 Å². The number of nitrogens with zero attached hydrogens (tertiary/aromatic N) is 3. The average Bonchev–Trinajstić information content (AvgIpc) is 2.61. The van der Waals surface area contributed by atoms with E-state index in [2.05, 4.69) is 39.4 Å². The van der Waals surface area contributed by atoms with Crippen LogP contribution >= 0.6 is 0 Å². The fourth-order valence-electron chi connectivity index (χ4n) is 3.04. The van der Waals surface area contributed by atoms with E-state index in [1.807, 2.05) is 6.07 Å². The van der Waals surface area contributed by atoms with Crippen LogP contribution in [0.4, 0.5) is 0 Å². The predicted octanol–water partition coefficient (Wildman–Crippen LogP) is 0.440. The van der Waals surface area contributed by atoms with E-state index >= 15 is 0 Å². The van der Waals surface area contributed by atoms with Gasteiger partial charge in [-0.15, -0.1) is 0 Å². The van der Waals surface area contributed by atoms with Crippen LogP contribution in [-0.4, -0.2) is 85.9 Å². The number of piperazine rings is 1. The van der Waals surface area contributed by atoms with Crippen LogP contribution in [0, 0.1) is 0 Å². The summed E-state index contributed by atoms with van der Waals surface area (Å²) in [5.41, 5.74) is 1.36. The highest BCUT2D eigenvalue weighted by Crippen LogP contribution is 2.05. The third kappa shape index (κ3) is 6.48. The molecule has 2 amide bonds. The minimum Gasteiger partial charge on any atom is -0.347 e. The lowest BCUT2D eigenvalue weighted by molar-refractivity contribution is -0.134. The summed E-state index contributed by atoms with van der Waals surface area (Å²) in [6.07, 6.45) is 1.06. The molecule has 0 saturated carbocycles. The first-order valence-electron chi connectivity index (χ1n) is 8.95. The molecule has 138 valence electrons. The SMILES string of the molecule is CC(NC(=O)CN1CCN(CCc2ccccc2)CC1)C(=O)N(C)C. The maximum absolute atomic E-state index is 12.1. The van der Waals surface area contributed by atoms with Gasteiger partial charge in [-0.25, -0.2) is 0 Å². The van der Waals surface area contributed by atoms with Crippen molar-refractivity contribution in [3.8, 4) is 0 Å². The molecule has 0 bridgehead atoms. The van der Waals surface area contributed by atoms with Crippen molar-refractivity contribution < 1.29 is 9.59 Å². The Morgan fingerprint density at radius 2 is 1.68 bits per heavy atom. The minimum absolute atomic E-state index is 0.0829. The van der Waals surface area contributed by atoms with E-state index in [9.17, 15) is 9.59 Å². The third-order valence-corrected chi connectivity index (χ3v) is 4.58. The fourth-order valence-corrected chi connectivity index (χ4v) is 3.04. The number of carbonyl (C=O) groups is 2. The van der Waals surface area contributed by atoms with Gasteiger partial charge in [-0.2, -0.15) is 0 Å². The molecule has 0 aliphatic carbocycles. The van der Waals surface area contributed by atoms with Gasteiger partial charge in [0.25, 0.3) is 0 Å². The second kappa shape index (κ2) is 9.53. The molecule has 1 fully saturated rings. The average molecular weight is 346 g/mol. The summed E-state index contributed by atoms with van der Waals surface area (Å²) in [6.45, 7) is 6.87. The number of amides is 2. The highest BCUT2D eigenvalue weighted by molar-refractivity contribution is 5.87. The van der Waals surface area contributed by atoms with Crippen LogP contribution in [0.1, 0.15) is 12.5 Å². The van der Waals surface area contributed by atoms with Crippen molar-refractivity contribution in [2.24, 2.45) is 0 Å². The van der Waals surface area contributed by atoms with E-state index in [0.717, 1.165) is 39.1 Å². The van der Waals surface area contributed by atoms with Crippen molar-refractivity contribution in [2.75, 3.05) is 53.4 Å². The molecule has 0 aromatic heterocycles. The molecule has 1 saturated heterocycles. The summed E-state index contributed by atoms with van der Waals surface area (Å²) < 4.78 is 0. The summed E-state index contributed by atoms with van der Waals surface area (Å²) in [5.74, 6) is -0.167. The van der Waals surface area contributed by atoms with Gasteiger partial charge in [-0.3, -0.25) is 14.5 Å². The Balaban J connectivity index is 1.66. The first kappa shape index (κ1) is 19.4. The number of hydrogen-bond acceptors (Lipinski definition) is 4. The van der Waals surface area contributed by atoms with Crippen molar-refractivity contribution in [3.05, 3.63) is 35.9 Å². The number of rotatable bonds is 7. The zero-order valence-corrected chi connectivity index (χ0v) is 15.6. The highest BCUT2D eigenvalue weighted by Gasteiger charge is 2.21. The largest absolute Gasteiger partial charge is 0.347 e. The van der Waals surface area contributed by atoms with E-state index in [1.165, 1.54) is 10.5 Å². The van der Waals surface area contributed by atoms with Crippen LogP contribution in [-0.2, 0) is 16.0 Å². The maximum atomic E-state index is 12.1. The molecule has 1 aromatic carbocycles. The summed E-state index contributed by atoms with van der Waals surface area (Å²) in [6, 6.07) is 10.0. The van der Waals surface area contributed by atoms with Gasteiger partial charge < -0.3 is 15.1 Å². The molecule has 2 rings (SSSR count). The molecule has 1 aromatic rings. The molecule has 6 nitrogen and oxygen atoms in total. The van der Waals surface area contributed by atoms with Crippen molar-refractivity contribution in [1.29, 1.82) is 0 Å². The Hall–Kier alpha value is -1.92. The lowest BCUT2D eigenvalue weighted by Gasteiger charge is -2.34. The molecule has 1 aliphatic heterocycles. The van der Waals surface area contributed by atoms with Crippen LogP contribution in [0.3, 0.4) is 0 Å². The first-order chi connectivity index (χ1) is 12.0. The van der Waals surface area contributed by atoms with Crippen LogP contribution < -0.4 is 5.32 Å². The molecule has 1 heterocycles. The van der Waals surface area contributed by atoms with Gasteiger partial charge in [0, 0.05) is 46.8 Å². The third-order valence-electron chi connectivity index (χ3n) is 4.58. The number of hydrogen-bond donors (Lipinski definition) is 1. The quantitative estimate of drug-likeness (QED) is 0.778.